The molecule has 1 aliphatic heterocycles. The van der Waals surface area contributed by atoms with Crippen molar-refractivity contribution in [2.24, 2.45) is 0 Å². The molecule has 1 aliphatic rings. The molecule has 4 nitrogen and oxygen atoms in total. The van der Waals surface area contributed by atoms with Crippen molar-refractivity contribution in [2.45, 2.75) is 46.3 Å². The third kappa shape index (κ3) is 3.79. The summed E-state index contributed by atoms with van der Waals surface area (Å²) in [5, 5.41) is 11.4. The van der Waals surface area contributed by atoms with Gasteiger partial charge in [0.1, 0.15) is 5.01 Å². The molecule has 0 spiro atoms. The van der Waals surface area contributed by atoms with Crippen LogP contribution >= 0.6 is 11.3 Å². The maximum atomic E-state index is 10.2. The molecule has 0 amide bonds. The lowest BCUT2D eigenvalue weighted by Gasteiger charge is -2.33. The van der Waals surface area contributed by atoms with Gasteiger partial charge in [-0.25, -0.2) is 4.98 Å². The highest BCUT2D eigenvalue weighted by atomic mass is 32.1. The number of rotatable bonds is 5. The first-order valence-electron chi connectivity index (χ1n) is 7.60. The van der Waals surface area contributed by atoms with E-state index in [0.717, 1.165) is 61.3 Å². The zero-order chi connectivity index (χ0) is 14.8. The lowest BCUT2D eigenvalue weighted by molar-refractivity contribution is 0.0814. The van der Waals surface area contributed by atoms with E-state index in [2.05, 4.69) is 23.6 Å². The van der Waals surface area contributed by atoms with Crippen molar-refractivity contribution in [3.8, 4) is 0 Å². The van der Waals surface area contributed by atoms with Gasteiger partial charge in [-0.15, -0.1) is 11.3 Å². The number of aromatic nitrogens is 1. The Balaban J connectivity index is 2.02. The summed E-state index contributed by atoms with van der Waals surface area (Å²) < 4.78 is 0. The fourth-order valence-corrected chi connectivity index (χ4v) is 3.84. The highest BCUT2D eigenvalue weighted by molar-refractivity contribution is 7.11. The van der Waals surface area contributed by atoms with Crippen LogP contribution in [0.25, 0.3) is 0 Å². The molecule has 1 saturated heterocycles. The van der Waals surface area contributed by atoms with Crippen LogP contribution in [0.15, 0.2) is 0 Å². The first-order chi connectivity index (χ1) is 9.44. The number of thiazole rings is 1. The van der Waals surface area contributed by atoms with Crippen LogP contribution < -0.4 is 0 Å². The topological polar surface area (TPSA) is 39.6 Å². The van der Waals surface area contributed by atoms with Gasteiger partial charge >= 0.3 is 0 Å². The van der Waals surface area contributed by atoms with E-state index < -0.39 is 5.60 Å². The van der Waals surface area contributed by atoms with Crippen LogP contribution in [0.3, 0.4) is 0 Å². The monoisotopic (exact) mass is 297 g/mol. The highest BCUT2D eigenvalue weighted by Gasteiger charge is 2.25. The lowest BCUT2D eigenvalue weighted by Crippen LogP contribution is -2.45. The normalized spacial score (nSPS) is 18.6. The zero-order valence-electron chi connectivity index (χ0n) is 13.1. The predicted octanol–water partition coefficient (Wildman–Crippen LogP) is 2.07. The molecule has 0 aromatic carbocycles. The van der Waals surface area contributed by atoms with E-state index in [1.807, 2.05) is 13.8 Å². The van der Waals surface area contributed by atoms with Gasteiger partial charge in [0.05, 0.1) is 22.7 Å². The molecule has 20 heavy (non-hydrogen) atoms. The first-order valence-corrected chi connectivity index (χ1v) is 8.41. The number of likely N-dealkylation sites (N-methyl/N-ethyl adjacent to an activating group) is 1. The molecule has 2 rings (SSSR count). The third-order valence-corrected chi connectivity index (χ3v) is 5.30. The summed E-state index contributed by atoms with van der Waals surface area (Å²) in [5.74, 6) is 0. The second-order valence-electron chi connectivity index (χ2n) is 6.01. The molecule has 1 aromatic heterocycles. The standard InChI is InChI=1S/C15H27N3OS/c1-5-12-14(15(3,4)19)20-13(16-12)11-18-9-7-17(6-2)8-10-18/h19H,5-11H2,1-4H3. The number of piperazine rings is 1. The van der Waals surface area contributed by atoms with Gasteiger partial charge in [-0.1, -0.05) is 13.8 Å². The summed E-state index contributed by atoms with van der Waals surface area (Å²) >= 11 is 1.67. The van der Waals surface area contributed by atoms with Crippen molar-refractivity contribution < 1.29 is 5.11 Å². The summed E-state index contributed by atoms with van der Waals surface area (Å²) in [6, 6.07) is 0. The average molecular weight is 297 g/mol. The quantitative estimate of drug-likeness (QED) is 0.903. The number of hydrogen-bond acceptors (Lipinski definition) is 5. The molecule has 0 unspecified atom stereocenters. The van der Waals surface area contributed by atoms with Gasteiger partial charge in [0.2, 0.25) is 0 Å². The molecule has 1 N–H and O–H groups in total. The zero-order valence-corrected chi connectivity index (χ0v) is 14.0. The van der Waals surface area contributed by atoms with Crippen molar-refractivity contribution in [1.82, 2.24) is 14.8 Å². The molecular formula is C15H27N3OS. The summed E-state index contributed by atoms with van der Waals surface area (Å²) in [4.78, 5) is 10.7. The number of nitrogens with zero attached hydrogens (tertiary/aromatic N) is 3. The Hall–Kier alpha value is -0.490. The van der Waals surface area contributed by atoms with Crippen LogP contribution in [0.5, 0.6) is 0 Å². The summed E-state index contributed by atoms with van der Waals surface area (Å²) in [5.41, 5.74) is 0.284. The van der Waals surface area contributed by atoms with Gasteiger partial charge in [0.25, 0.3) is 0 Å². The van der Waals surface area contributed by atoms with Crippen molar-refractivity contribution >= 4 is 11.3 Å². The smallest absolute Gasteiger partial charge is 0.107 e. The van der Waals surface area contributed by atoms with E-state index in [4.69, 9.17) is 4.98 Å². The van der Waals surface area contributed by atoms with E-state index in [9.17, 15) is 5.11 Å². The van der Waals surface area contributed by atoms with Crippen molar-refractivity contribution in [3.05, 3.63) is 15.6 Å². The van der Waals surface area contributed by atoms with Gasteiger partial charge in [-0.3, -0.25) is 4.90 Å². The molecular weight excluding hydrogens is 270 g/mol. The van der Waals surface area contributed by atoms with Gasteiger partial charge in [-0.2, -0.15) is 0 Å². The van der Waals surface area contributed by atoms with Gasteiger partial charge in [-0.05, 0) is 26.8 Å². The van der Waals surface area contributed by atoms with Crippen LogP contribution in [0.4, 0.5) is 0 Å². The fourth-order valence-electron chi connectivity index (χ4n) is 2.64. The molecule has 1 fully saturated rings. The second-order valence-corrected chi connectivity index (χ2v) is 7.09. The highest BCUT2D eigenvalue weighted by Crippen LogP contribution is 2.31. The van der Waals surface area contributed by atoms with Crippen LogP contribution in [-0.2, 0) is 18.6 Å². The maximum absolute atomic E-state index is 10.2. The molecule has 5 heteroatoms. The lowest BCUT2D eigenvalue weighted by atomic mass is 10.1. The third-order valence-electron chi connectivity index (χ3n) is 3.90. The Labute approximate surface area is 126 Å². The molecule has 0 radical (unpaired) electrons. The van der Waals surface area contributed by atoms with Crippen LogP contribution in [0.1, 0.15) is 43.3 Å². The molecule has 0 atom stereocenters. The Morgan fingerprint density at radius 2 is 1.75 bits per heavy atom. The fraction of sp³-hybridized carbons (Fsp3) is 0.800. The molecule has 114 valence electrons. The Morgan fingerprint density at radius 3 is 2.20 bits per heavy atom. The summed E-state index contributed by atoms with van der Waals surface area (Å²) in [7, 11) is 0. The van der Waals surface area contributed by atoms with Crippen molar-refractivity contribution in [1.29, 1.82) is 0 Å². The molecule has 0 saturated carbocycles. The minimum absolute atomic E-state index is 0.776. The van der Waals surface area contributed by atoms with E-state index >= 15 is 0 Å². The number of hydrogen-bond donors (Lipinski definition) is 1. The van der Waals surface area contributed by atoms with E-state index in [-0.39, 0.29) is 0 Å². The maximum Gasteiger partial charge on any atom is 0.107 e. The first kappa shape index (κ1) is 15.9. The van der Waals surface area contributed by atoms with Crippen LogP contribution in [0.2, 0.25) is 0 Å². The summed E-state index contributed by atoms with van der Waals surface area (Å²) in [6.45, 7) is 14.6. The minimum atomic E-state index is -0.776. The van der Waals surface area contributed by atoms with Crippen LogP contribution in [0, 0.1) is 0 Å². The van der Waals surface area contributed by atoms with Crippen molar-refractivity contribution in [2.75, 3.05) is 32.7 Å². The van der Waals surface area contributed by atoms with E-state index in [0.29, 0.717) is 0 Å². The summed E-state index contributed by atoms with van der Waals surface area (Å²) in [6.07, 6.45) is 0.888. The van der Waals surface area contributed by atoms with E-state index in [1.165, 1.54) is 0 Å². The average Bonchev–Trinajstić information content (AvgIpc) is 2.83. The molecule has 1 aromatic rings. The largest absolute Gasteiger partial charge is 0.385 e. The van der Waals surface area contributed by atoms with Gasteiger partial charge in [0.15, 0.2) is 0 Å². The molecule has 0 bridgehead atoms. The van der Waals surface area contributed by atoms with Gasteiger partial charge < -0.3 is 10.0 Å². The Kier molecular flexibility index (Phi) is 5.18. The second kappa shape index (κ2) is 6.52. The van der Waals surface area contributed by atoms with E-state index in [1.54, 1.807) is 11.3 Å². The van der Waals surface area contributed by atoms with Crippen LogP contribution in [-0.4, -0.2) is 52.6 Å². The SMILES string of the molecule is CCc1nc(CN2CCN(CC)CC2)sc1C(C)(C)O. The Morgan fingerprint density at radius 1 is 1.15 bits per heavy atom. The van der Waals surface area contributed by atoms with Gasteiger partial charge in [0, 0.05) is 26.2 Å². The minimum Gasteiger partial charge on any atom is -0.385 e. The molecule has 0 aliphatic carbocycles. The number of aliphatic hydroxyl groups is 1. The number of aryl methyl sites for hydroxylation is 1. The molecule has 2 heterocycles. The van der Waals surface area contributed by atoms with Crippen molar-refractivity contribution in [3.63, 3.8) is 0 Å². The Bertz CT molecular complexity index is 431. The predicted molar refractivity (Wildman–Crippen MR) is 84.1 cm³/mol.